The van der Waals surface area contributed by atoms with Crippen molar-refractivity contribution in [2.45, 2.75) is 26.0 Å². The molecule has 0 aliphatic rings. The number of fused-ring (bicyclic) bond motifs is 1. The number of rotatable bonds is 3. The second-order valence-electron chi connectivity index (χ2n) is 4.76. The second kappa shape index (κ2) is 4.64. The SMILES string of the molecule is COC(C)(C)Cn1c(=S)[nH]c2cc(Cl)c(F)cc21. The monoisotopic (exact) mass is 288 g/mol. The Bertz CT molecular complexity index is 647. The highest BCUT2D eigenvalue weighted by Crippen LogP contribution is 2.24. The molecule has 18 heavy (non-hydrogen) atoms. The minimum absolute atomic E-state index is 0.0805. The van der Waals surface area contributed by atoms with Crippen LogP contribution in [0.1, 0.15) is 13.8 Å². The summed E-state index contributed by atoms with van der Waals surface area (Å²) in [4.78, 5) is 3.01. The largest absolute Gasteiger partial charge is 0.377 e. The van der Waals surface area contributed by atoms with Crippen LogP contribution in [0.2, 0.25) is 5.02 Å². The highest BCUT2D eigenvalue weighted by atomic mass is 35.5. The van der Waals surface area contributed by atoms with Gasteiger partial charge in [0, 0.05) is 13.2 Å². The molecule has 1 aromatic carbocycles. The van der Waals surface area contributed by atoms with Crippen LogP contribution < -0.4 is 0 Å². The van der Waals surface area contributed by atoms with Gasteiger partial charge in [-0.25, -0.2) is 4.39 Å². The molecular formula is C12H14ClFN2OS. The van der Waals surface area contributed by atoms with E-state index >= 15 is 0 Å². The molecule has 2 aromatic rings. The third-order valence-electron chi connectivity index (χ3n) is 2.91. The topological polar surface area (TPSA) is 29.9 Å². The fraction of sp³-hybridized carbons (Fsp3) is 0.417. The van der Waals surface area contributed by atoms with Gasteiger partial charge in [-0.2, -0.15) is 0 Å². The van der Waals surface area contributed by atoms with Gasteiger partial charge in [0.05, 0.1) is 28.2 Å². The molecule has 3 nitrogen and oxygen atoms in total. The Morgan fingerprint density at radius 3 is 2.78 bits per heavy atom. The van der Waals surface area contributed by atoms with E-state index in [-0.39, 0.29) is 10.6 Å². The van der Waals surface area contributed by atoms with Crippen LogP contribution in [0.5, 0.6) is 0 Å². The third-order valence-corrected chi connectivity index (χ3v) is 3.52. The van der Waals surface area contributed by atoms with Gasteiger partial charge in [-0.3, -0.25) is 0 Å². The molecule has 0 fully saturated rings. The van der Waals surface area contributed by atoms with E-state index in [1.54, 1.807) is 13.2 Å². The molecule has 2 rings (SSSR count). The average molecular weight is 289 g/mol. The molecular weight excluding hydrogens is 275 g/mol. The summed E-state index contributed by atoms with van der Waals surface area (Å²) in [7, 11) is 1.63. The summed E-state index contributed by atoms with van der Waals surface area (Å²) in [6.45, 7) is 4.42. The fourth-order valence-electron chi connectivity index (χ4n) is 1.75. The van der Waals surface area contributed by atoms with Gasteiger partial charge >= 0.3 is 0 Å². The van der Waals surface area contributed by atoms with Gasteiger partial charge in [0.25, 0.3) is 0 Å². The molecule has 1 aromatic heterocycles. The summed E-state index contributed by atoms with van der Waals surface area (Å²) < 4.78 is 21.2. The predicted molar refractivity (Wildman–Crippen MR) is 73.2 cm³/mol. The van der Waals surface area contributed by atoms with Crippen molar-refractivity contribution < 1.29 is 9.13 Å². The van der Waals surface area contributed by atoms with Crippen LogP contribution in [0.15, 0.2) is 12.1 Å². The van der Waals surface area contributed by atoms with Crippen molar-refractivity contribution in [3.8, 4) is 0 Å². The number of ether oxygens (including phenoxy) is 1. The van der Waals surface area contributed by atoms with Crippen molar-refractivity contribution in [2.24, 2.45) is 0 Å². The number of hydrogen-bond acceptors (Lipinski definition) is 2. The lowest BCUT2D eigenvalue weighted by molar-refractivity contribution is 0.00873. The average Bonchev–Trinajstić information content (AvgIpc) is 2.57. The highest BCUT2D eigenvalue weighted by Gasteiger charge is 2.19. The maximum atomic E-state index is 13.5. The second-order valence-corrected chi connectivity index (χ2v) is 5.56. The minimum atomic E-state index is -0.456. The first-order valence-corrected chi connectivity index (χ1v) is 6.25. The molecule has 0 spiro atoms. The number of aromatic nitrogens is 2. The minimum Gasteiger partial charge on any atom is -0.377 e. The first-order chi connectivity index (χ1) is 8.34. The molecule has 0 atom stereocenters. The van der Waals surface area contributed by atoms with Gasteiger partial charge < -0.3 is 14.3 Å². The number of nitrogens with zero attached hydrogens (tertiary/aromatic N) is 1. The zero-order chi connectivity index (χ0) is 13.5. The lowest BCUT2D eigenvalue weighted by atomic mass is 10.1. The van der Waals surface area contributed by atoms with Crippen molar-refractivity contribution in [2.75, 3.05) is 7.11 Å². The van der Waals surface area contributed by atoms with E-state index in [1.165, 1.54) is 6.07 Å². The number of benzene rings is 1. The van der Waals surface area contributed by atoms with Gasteiger partial charge in [-0.1, -0.05) is 11.6 Å². The van der Waals surface area contributed by atoms with Crippen molar-refractivity contribution >= 4 is 34.9 Å². The molecule has 0 aliphatic heterocycles. The molecule has 0 aliphatic carbocycles. The Morgan fingerprint density at radius 1 is 1.50 bits per heavy atom. The van der Waals surface area contributed by atoms with E-state index in [0.29, 0.717) is 16.8 Å². The van der Waals surface area contributed by atoms with Gasteiger partial charge in [0.2, 0.25) is 0 Å². The Morgan fingerprint density at radius 2 is 2.17 bits per heavy atom. The van der Waals surface area contributed by atoms with Crippen molar-refractivity contribution in [3.63, 3.8) is 0 Å². The van der Waals surface area contributed by atoms with E-state index in [1.807, 2.05) is 18.4 Å². The summed E-state index contributed by atoms with van der Waals surface area (Å²) in [5, 5.41) is 0.0805. The van der Waals surface area contributed by atoms with E-state index in [9.17, 15) is 4.39 Å². The quantitative estimate of drug-likeness (QED) is 0.868. The van der Waals surface area contributed by atoms with Crippen LogP contribution in [-0.2, 0) is 11.3 Å². The maximum Gasteiger partial charge on any atom is 0.178 e. The first kappa shape index (κ1) is 13.5. The number of H-pyrrole nitrogens is 1. The van der Waals surface area contributed by atoms with Crippen molar-refractivity contribution in [1.82, 2.24) is 9.55 Å². The molecule has 0 bridgehead atoms. The lowest BCUT2D eigenvalue weighted by Gasteiger charge is -2.23. The molecule has 6 heteroatoms. The molecule has 0 unspecified atom stereocenters. The Kier molecular flexibility index (Phi) is 3.49. The molecule has 1 N–H and O–H groups in total. The number of imidazole rings is 1. The number of aromatic amines is 1. The van der Waals surface area contributed by atoms with E-state index in [0.717, 1.165) is 5.52 Å². The fourth-order valence-corrected chi connectivity index (χ4v) is 2.19. The summed E-state index contributed by atoms with van der Waals surface area (Å²) >= 11 is 11.0. The van der Waals surface area contributed by atoms with Gasteiger partial charge in [0.1, 0.15) is 5.82 Å². The molecule has 0 saturated heterocycles. The molecule has 0 saturated carbocycles. The predicted octanol–water partition coefficient (Wildman–Crippen LogP) is 3.92. The van der Waals surface area contributed by atoms with Crippen molar-refractivity contribution in [3.05, 3.63) is 27.7 Å². The molecule has 0 amide bonds. The van der Waals surface area contributed by atoms with Crippen LogP contribution in [0, 0.1) is 10.6 Å². The molecule has 0 radical (unpaired) electrons. The van der Waals surface area contributed by atoms with Gasteiger partial charge in [-0.05, 0) is 32.1 Å². The third kappa shape index (κ3) is 2.43. The Hall–Kier alpha value is -0.910. The summed E-state index contributed by atoms with van der Waals surface area (Å²) in [6.07, 6.45) is 0. The molecule has 98 valence electrons. The smallest absolute Gasteiger partial charge is 0.178 e. The Labute approximate surface area is 115 Å². The van der Waals surface area contributed by atoms with Crippen molar-refractivity contribution in [1.29, 1.82) is 0 Å². The number of methoxy groups -OCH3 is 1. The van der Waals surface area contributed by atoms with Crippen LogP contribution >= 0.6 is 23.8 Å². The van der Waals surface area contributed by atoms with Crippen LogP contribution in [0.4, 0.5) is 4.39 Å². The first-order valence-electron chi connectivity index (χ1n) is 5.47. The van der Waals surface area contributed by atoms with Gasteiger partial charge in [-0.15, -0.1) is 0 Å². The maximum absolute atomic E-state index is 13.5. The standard InChI is InChI=1S/C12H14ClFN2OS/c1-12(2,17-3)6-16-10-5-8(14)7(13)4-9(10)15-11(16)18/h4-5H,6H2,1-3H3,(H,15,18). The van der Waals surface area contributed by atoms with E-state index < -0.39 is 5.82 Å². The summed E-state index contributed by atoms with van der Waals surface area (Å²) in [6, 6.07) is 2.92. The number of hydrogen-bond donors (Lipinski definition) is 1. The van der Waals surface area contributed by atoms with E-state index in [4.69, 9.17) is 28.6 Å². The lowest BCUT2D eigenvalue weighted by Crippen LogP contribution is -2.29. The van der Waals surface area contributed by atoms with Crippen LogP contribution in [0.3, 0.4) is 0 Å². The number of halogens is 2. The Balaban J connectivity index is 2.60. The number of nitrogens with one attached hydrogen (secondary N) is 1. The summed E-state index contributed by atoms with van der Waals surface area (Å²) in [5.41, 5.74) is 1.02. The highest BCUT2D eigenvalue weighted by molar-refractivity contribution is 7.71. The van der Waals surface area contributed by atoms with E-state index in [2.05, 4.69) is 4.98 Å². The zero-order valence-corrected chi connectivity index (χ0v) is 12.0. The van der Waals surface area contributed by atoms with Gasteiger partial charge in [0.15, 0.2) is 4.77 Å². The zero-order valence-electron chi connectivity index (χ0n) is 10.4. The summed E-state index contributed by atoms with van der Waals surface area (Å²) in [5.74, 6) is -0.456. The van der Waals surface area contributed by atoms with Crippen LogP contribution in [0.25, 0.3) is 11.0 Å². The normalized spacial score (nSPS) is 12.3. The molecule has 1 heterocycles. The van der Waals surface area contributed by atoms with Crippen LogP contribution in [-0.4, -0.2) is 22.3 Å².